The fourth-order valence-electron chi connectivity index (χ4n) is 3.13. The van der Waals surface area contributed by atoms with Gasteiger partial charge >= 0.3 is 0 Å². The Morgan fingerprint density at radius 1 is 1.30 bits per heavy atom. The first-order chi connectivity index (χ1) is 9.76. The summed E-state index contributed by atoms with van der Waals surface area (Å²) in [4.78, 5) is 2.53. The van der Waals surface area contributed by atoms with Gasteiger partial charge in [-0.05, 0) is 37.8 Å². The maximum absolute atomic E-state index is 5.31. The molecule has 0 spiro atoms. The molecular formula is C17H26N2O. The van der Waals surface area contributed by atoms with Gasteiger partial charge in [0, 0.05) is 44.4 Å². The number of anilines is 1. The smallest absolute Gasteiger partial charge is 0.0508 e. The predicted molar refractivity (Wildman–Crippen MR) is 83.2 cm³/mol. The summed E-state index contributed by atoms with van der Waals surface area (Å²) in [6, 6.07) is 7.64. The lowest BCUT2D eigenvalue weighted by atomic mass is 10.1. The lowest BCUT2D eigenvalue weighted by molar-refractivity contribution is 0.161. The van der Waals surface area contributed by atoms with Gasteiger partial charge in [0.25, 0.3) is 0 Å². The van der Waals surface area contributed by atoms with Crippen LogP contribution in [0.15, 0.2) is 18.2 Å². The van der Waals surface area contributed by atoms with Crippen molar-refractivity contribution in [2.45, 2.75) is 38.8 Å². The number of hydrogen-bond donors (Lipinski definition) is 1. The van der Waals surface area contributed by atoms with E-state index in [0.717, 1.165) is 32.3 Å². The first-order valence-corrected chi connectivity index (χ1v) is 7.83. The van der Waals surface area contributed by atoms with Crippen LogP contribution >= 0.6 is 0 Å². The van der Waals surface area contributed by atoms with Crippen molar-refractivity contribution in [3.05, 3.63) is 29.3 Å². The molecule has 1 N–H and O–H groups in total. The lowest BCUT2D eigenvalue weighted by Gasteiger charge is -2.23. The number of methoxy groups -OCH3 is 1. The SMILES string of the molecule is COCC1CCN(c2ccc(C)cc2CNC2CC2)C1. The van der Waals surface area contributed by atoms with Crippen molar-refractivity contribution in [1.82, 2.24) is 5.32 Å². The van der Waals surface area contributed by atoms with Crippen LogP contribution in [0.2, 0.25) is 0 Å². The molecule has 1 aromatic carbocycles. The van der Waals surface area contributed by atoms with Crippen LogP contribution < -0.4 is 10.2 Å². The molecule has 1 heterocycles. The molecule has 3 nitrogen and oxygen atoms in total. The van der Waals surface area contributed by atoms with Crippen molar-refractivity contribution in [1.29, 1.82) is 0 Å². The monoisotopic (exact) mass is 274 g/mol. The quantitative estimate of drug-likeness (QED) is 0.863. The van der Waals surface area contributed by atoms with E-state index in [1.54, 1.807) is 7.11 Å². The molecule has 3 heteroatoms. The standard InChI is InChI=1S/C17H26N2O/c1-13-3-6-17(15(9-13)10-18-16-4-5-16)19-8-7-14(11-19)12-20-2/h3,6,9,14,16,18H,4-5,7-8,10-12H2,1-2H3. The van der Waals surface area contributed by atoms with Gasteiger partial charge < -0.3 is 15.0 Å². The van der Waals surface area contributed by atoms with E-state index >= 15 is 0 Å². The zero-order chi connectivity index (χ0) is 13.9. The average Bonchev–Trinajstić information content (AvgIpc) is 3.16. The van der Waals surface area contributed by atoms with Crippen LogP contribution in [0.4, 0.5) is 5.69 Å². The van der Waals surface area contributed by atoms with Crippen LogP contribution in [-0.4, -0.2) is 32.8 Å². The summed E-state index contributed by atoms with van der Waals surface area (Å²) in [6.07, 6.45) is 3.94. The fraction of sp³-hybridized carbons (Fsp3) is 0.647. The number of nitrogens with one attached hydrogen (secondary N) is 1. The van der Waals surface area contributed by atoms with Gasteiger partial charge in [-0.25, -0.2) is 0 Å². The summed E-state index contributed by atoms with van der Waals surface area (Å²) in [5.41, 5.74) is 4.23. The highest BCUT2D eigenvalue weighted by Crippen LogP contribution is 2.29. The van der Waals surface area contributed by atoms with Gasteiger partial charge in [0.1, 0.15) is 0 Å². The Hall–Kier alpha value is -1.06. The van der Waals surface area contributed by atoms with Gasteiger partial charge in [0.05, 0.1) is 6.61 Å². The fourth-order valence-corrected chi connectivity index (χ4v) is 3.13. The summed E-state index contributed by atoms with van der Waals surface area (Å²) in [7, 11) is 1.81. The predicted octanol–water partition coefficient (Wildman–Crippen LogP) is 2.72. The van der Waals surface area contributed by atoms with Crippen molar-refractivity contribution in [3.8, 4) is 0 Å². The van der Waals surface area contributed by atoms with Gasteiger partial charge in [-0.15, -0.1) is 0 Å². The highest BCUT2D eigenvalue weighted by Gasteiger charge is 2.25. The van der Waals surface area contributed by atoms with Crippen molar-refractivity contribution in [3.63, 3.8) is 0 Å². The van der Waals surface area contributed by atoms with Crippen molar-refractivity contribution < 1.29 is 4.74 Å². The van der Waals surface area contributed by atoms with Gasteiger partial charge in [0.2, 0.25) is 0 Å². The second-order valence-corrected chi connectivity index (χ2v) is 6.34. The highest BCUT2D eigenvalue weighted by atomic mass is 16.5. The molecule has 1 aromatic rings. The van der Waals surface area contributed by atoms with Crippen LogP contribution in [0.25, 0.3) is 0 Å². The van der Waals surface area contributed by atoms with Gasteiger partial charge in [0.15, 0.2) is 0 Å². The molecule has 1 aliphatic carbocycles. The summed E-state index contributed by atoms with van der Waals surface area (Å²) in [6.45, 7) is 6.37. The Labute approximate surface area is 122 Å². The third-order valence-corrected chi connectivity index (χ3v) is 4.42. The Balaban J connectivity index is 1.70. The molecule has 1 aliphatic heterocycles. The Bertz CT molecular complexity index is 456. The van der Waals surface area contributed by atoms with Gasteiger partial charge in [-0.2, -0.15) is 0 Å². The summed E-state index contributed by atoms with van der Waals surface area (Å²) < 4.78 is 5.31. The largest absolute Gasteiger partial charge is 0.384 e. The van der Waals surface area contributed by atoms with Gasteiger partial charge in [-0.3, -0.25) is 0 Å². The topological polar surface area (TPSA) is 24.5 Å². The van der Waals surface area contributed by atoms with Crippen LogP contribution in [0.1, 0.15) is 30.4 Å². The van der Waals surface area contributed by atoms with E-state index in [1.165, 1.54) is 36.1 Å². The van der Waals surface area contributed by atoms with E-state index in [4.69, 9.17) is 4.74 Å². The molecule has 1 unspecified atom stereocenters. The zero-order valence-corrected chi connectivity index (χ0v) is 12.7. The molecule has 0 aromatic heterocycles. The number of rotatable bonds is 6. The van der Waals surface area contributed by atoms with Crippen LogP contribution in [0, 0.1) is 12.8 Å². The van der Waals surface area contributed by atoms with E-state index in [0.29, 0.717) is 5.92 Å². The van der Waals surface area contributed by atoms with E-state index in [2.05, 4.69) is 35.3 Å². The molecule has 1 saturated heterocycles. The molecule has 2 aliphatic rings. The molecule has 0 radical (unpaired) electrons. The summed E-state index contributed by atoms with van der Waals surface area (Å²) in [5.74, 6) is 0.686. The molecular weight excluding hydrogens is 248 g/mol. The molecule has 3 rings (SSSR count). The minimum atomic E-state index is 0.686. The third kappa shape index (κ3) is 3.33. The van der Waals surface area contributed by atoms with E-state index in [9.17, 15) is 0 Å². The number of nitrogens with zero attached hydrogens (tertiary/aromatic N) is 1. The third-order valence-electron chi connectivity index (χ3n) is 4.42. The first kappa shape index (κ1) is 13.9. The molecule has 0 bridgehead atoms. The Morgan fingerprint density at radius 2 is 2.15 bits per heavy atom. The van der Waals surface area contributed by atoms with Crippen molar-refractivity contribution >= 4 is 5.69 Å². The maximum Gasteiger partial charge on any atom is 0.0508 e. The van der Waals surface area contributed by atoms with Crippen LogP contribution in [0.3, 0.4) is 0 Å². The van der Waals surface area contributed by atoms with E-state index < -0.39 is 0 Å². The molecule has 20 heavy (non-hydrogen) atoms. The normalized spacial score (nSPS) is 22.5. The Morgan fingerprint density at radius 3 is 2.90 bits per heavy atom. The summed E-state index contributed by atoms with van der Waals surface area (Å²) >= 11 is 0. The molecule has 1 saturated carbocycles. The first-order valence-electron chi connectivity index (χ1n) is 7.83. The molecule has 2 fully saturated rings. The van der Waals surface area contributed by atoms with Crippen molar-refractivity contribution in [2.75, 3.05) is 31.7 Å². The number of benzene rings is 1. The number of ether oxygens (including phenoxy) is 1. The zero-order valence-electron chi connectivity index (χ0n) is 12.7. The Kier molecular flexibility index (Phi) is 4.27. The molecule has 110 valence electrons. The lowest BCUT2D eigenvalue weighted by Crippen LogP contribution is -2.24. The average molecular weight is 274 g/mol. The summed E-state index contributed by atoms with van der Waals surface area (Å²) in [5, 5.41) is 3.65. The maximum atomic E-state index is 5.31. The van der Waals surface area contributed by atoms with Crippen LogP contribution in [0.5, 0.6) is 0 Å². The minimum absolute atomic E-state index is 0.686. The van der Waals surface area contributed by atoms with E-state index in [-0.39, 0.29) is 0 Å². The molecule has 1 atom stereocenters. The number of hydrogen-bond acceptors (Lipinski definition) is 3. The number of aryl methyl sites for hydroxylation is 1. The second-order valence-electron chi connectivity index (χ2n) is 6.34. The molecule has 0 amide bonds. The second kappa shape index (κ2) is 6.15. The van der Waals surface area contributed by atoms with Crippen molar-refractivity contribution in [2.24, 2.45) is 5.92 Å². The van der Waals surface area contributed by atoms with Crippen LogP contribution in [-0.2, 0) is 11.3 Å². The minimum Gasteiger partial charge on any atom is -0.384 e. The highest BCUT2D eigenvalue weighted by molar-refractivity contribution is 5.55. The van der Waals surface area contributed by atoms with E-state index in [1.807, 2.05) is 0 Å². The van der Waals surface area contributed by atoms with Gasteiger partial charge in [-0.1, -0.05) is 17.7 Å².